The molecule has 2 aromatic rings. The minimum absolute atomic E-state index is 0.0311. The van der Waals surface area contributed by atoms with Gasteiger partial charge in [0.15, 0.2) is 11.6 Å². The van der Waals surface area contributed by atoms with Crippen LogP contribution in [0.4, 0.5) is 8.78 Å². The van der Waals surface area contributed by atoms with E-state index in [4.69, 9.17) is 0 Å². The Hall–Kier alpha value is -1.56. The minimum Gasteiger partial charge on any atom is -0.306 e. The number of aromatic nitrogens is 2. The van der Waals surface area contributed by atoms with E-state index in [0.29, 0.717) is 11.1 Å². The monoisotopic (exact) mass is 340 g/mol. The number of aromatic amines is 1. The molecule has 0 spiro atoms. The molecule has 1 aromatic carbocycles. The first-order chi connectivity index (χ1) is 9.58. The fourth-order valence-corrected chi connectivity index (χ4v) is 2.95. The SMILES string of the molecule is O=c1[nH]c(-c2ccc(F)c(F)c2Br)nc2c1CCCC2. The van der Waals surface area contributed by atoms with Gasteiger partial charge >= 0.3 is 0 Å². The van der Waals surface area contributed by atoms with Crippen molar-refractivity contribution < 1.29 is 8.78 Å². The largest absolute Gasteiger partial charge is 0.306 e. The van der Waals surface area contributed by atoms with Gasteiger partial charge in [0.1, 0.15) is 5.82 Å². The van der Waals surface area contributed by atoms with Crippen LogP contribution in [-0.2, 0) is 12.8 Å². The molecule has 1 aromatic heterocycles. The van der Waals surface area contributed by atoms with Gasteiger partial charge in [-0.2, -0.15) is 0 Å². The van der Waals surface area contributed by atoms with Crippen LogP contribution in [0.1, 0.15) is 24.1 Å². The lowest BCUT2D eigenvalue weighted by atomic mass is 9.97. The third-order valence-corrected chi connectivity index (χ3v) is 4.26. The lowest BCUT2D eigenvalue weighted by Gasteiger charge is -2.15. The molecule has 1 aliphatic rings. The number of aryl methyl sites for hydroxylation is 1. The van der Waals surface area contributed by atoms with Crippen LogP contribution in [0.3, 0.4) is 0 Å². The maximum absolute atomic E-state index is 13.6. The van der Waals surface area contributed by atoms with Crippen molar-refractivity contribution in [2.75, 3.05) is 0 Å². The van der Waals surface area contributed by atoms with Crippen molar-refractivity contribution in [2.24, 2.45) is 0 Å². The van der Waals surface area contributed by atoms with E-state index in [-0.39, 0.29) is 15.9 Å². The number of halogens is 3. The van der Waals surface area contributed by atoms with E-state index in [2.05, 4.69) is 25.9 Å². The number of nitrogens with zero attached hydrogens (tertiary/aromatic N) is 1. The van der Waals surface area contributed by atoms with E-state index in [0.717, 1.165) is 37.4 Å². The molecule has 0 bridgehead atoms. The molecule has 0 radical (unpaired) electrons. The Bertz CT molecular complexity index is 743. The van der Waals surface area contributed by atoms with E-state index < -0.39 is 11.6 Å². The molecule has 1 N–H and O–H groups in total. The maximum atomic E-state index is 13.6. The molecule has 1 aliphatic carbocycles. The van der Waals surface area contributed by atoms with Crippen molar-refractivity contribution in [3.63, 3.8) is 0 Å². The second-order valence-corrected chi connectivity index (χ2v) is 5.56. The van der Waals surface area contributed by atoms with Crippen LogP contribution in [-0.4, -0.2) is 9.97 Å². The Balaban J connectivity index is 2.19. The van der Waals surface area contributed by atoms with Crippen LogP contribution in [0, 0.1) is 11.6 Å². The number of rotatable bonds is 1. The highest BCUT2D eigenvalue weighted by molar-refractivity contribution is 9.10. The maximum Gasteiger partial charge on any atom is 0.254 e. The summed E-state index contributed by atoms with van der Waals surface area (Å²) >= 11 is 3.01. The van der Waals surface area contributed by atoms with Crippen molar-refractivity contribution in [3.05, 3.63) is 49.9 Å². The van der Waals surface area contributed by atoms with Crippen molar-refractivity contribution in [2.45, 2.75) is 25.7 Å². The van der Waals surface area contributed by atoms with Gasteiger partial charge in [-0.25, -0.2) is 13.8 Å². The highest BCUT2D eigenvalue weighted by atomic mass is 79.9. The summed E-state index contributed by atoms with van der Waals surface area (Å²) in [4.78, 5) is 19.1. The quantitative estimate of drug-likeness (QED) is 0.809. The molecule has 0 unspecified atom stereocenters. The first-order valence-electron chi connectivity index (χ1n) is 6.34. The molecule has 6 heteroatoms. The first-order valence-corrected chi connectivity index (χ1v) is 7.13. The lowest BCUT2D eigenvalue weighted by Crippen LogP contribution is -2.21. The average Bonchev–Trinajstić information content (AvgIpc) is 2.45. The van der Waals surface area contributed by atoms with Gasteiger partial charge in [0.05, 0.1) is 10.2 Å². The minimum atomic E-state index is -0.983. The van der Waals surface area contributed by atoms with Crippen molar-refractivity contribution in [1.82, 2.24) is 9.97 Å². The average molecular weight is 341 g/mol. The summed E-state index contributed by atoms with van der Waals surface area (Å²) < 4.78 is 26.7. The second-order valence-electron chi connectivity index (χ2n) is 4.77. The summed E-state index contributed by atoms with van der Waals surface area (Å²) in [6, 6.07) is 2.42. The van der Waals surface area contributed by atoms with Crippen molar-refractivity contribution >= 4 is 15.9 Å². The highest BCUT2D eigenvalue weighted by Crippen LogP contribution is 2.30. The number of fused-ring (bicyclic) bond motifs is 1. The van der Waals surface area contributed by atoms with E-state index in [1.165, 1.54) is 6.07 Å². The molecular weight excluding hydrogens is 330 g/mol. The fraction of sp³-hybridized carbons (Fsp3) is 0.286. The number of hydrogen-bond donors (Lipinski definition) is 1. The third kappa shape index (κ3) is 2.18. The first kappa shape index (κ1) is 13.4. The standard InChI is InChI=1S/C14H11BrF2N2O/c15-11-8(5-6-9(16)12(11)17)13-18-10-4-2-1-3-7(10)14(20)19-13/h5-6H,1-4H2,(H,18,19,20). The summed E-state index contributed by atoms with van der Waals surface area (Å²) in [5.41, 5.74) is 1.61. The van der Waals surface area contributed by atoms with Gasteiger partial charge in [-0.15, -0.1) is 0 Å². The summed E-state index contributed by atoms with van der Waals surface area (Å²) in [5, 5.41) is 0. The number of benzene rings is 1. The Morgan fingerprint density at radius 2 is 1.95 bits per heavy atom. The van der Waals surface area contributed by atoms with Gasteiger partial charge in [-0.1, -0.05) is 0 Å². The summed E-state index contributed by atoms with van der Waals surface area (Å²) in [7, 11) is 0. The molecular formula is C14H11BrF2N2O. The predicted octanol–water partition coefficient (Wildman–Crippen LogP) is 3.36. The van der Waals surface area contributed by atoms with Crippen LogP contribution in [0.25, 0.3) is 11.4 Å². The molecule has 3 rings (SSSR count). The van der Waals surface area contributed by atoms with Crippen molar-refractivity contribution in [3.8, 4) is 11.4 Å². The summed E-state index contributed by atoms with van der Waals surface area (Å²) in [6.45, 7) is 0. The van der Waals surface area contributed by atoms with Crippen LogP contribution in [0.5, 0.6) is 0 Å². The van der Waals surface area contributed by atoms with Gasteiger partial charge in [0, 0.05) is 11.1 Å². The normalized spacial score (nSPS) is 14.2. The molecule has 0 amide bonds. The second kappa shape index (κ2) is 5.09. The van der Waals surface area contributed by atoms with Crippen LogP contribution < -0.4 is 5.56 Å². The highest BCUT2D eigenvalue weighted by Gasteiger charge is 2.19. The van der Waals surface area contributed by atoms with Crippen LogP contribution in [0.15, 0.2) is 21.4 Å². The number of H-pyrrole nitrogens is 1. The smallest absolute Gasteiger partial charge is 0.254 e. The zero-order valence-corrected chi connectivity index (χ0v) is 12.1. The Morgan fingerprint density at radius 3 is 2.75 bits per heavy atom. The zero-order valence-electron chi connectivity index (χ0n) is 10.5. The van der Waals surface area contributed by atoms with E-state index >= 15 is 0 Å². The Labute approximate surface area is 122 Å². The summed E-state index contributed by atoms with van der Waals surface area (Å²) in [5.74, 6) is -1.66. The van der Waals surface area contributed by atoms with Gasteiger partial charge < -0.3 is 4.98 Å². The number of nitrogens with one attached hydrogen (secondary N) is 1. The Kier molecular flexibility index (Phi) is 3.41. The molecule has 20 heavy (non-hydrogen) atoms. The van der Waals surface area contributed by atoms with Gasteiger partial charge in [-0.05, 0) is 53.7 Å². The van der Waals surface area contributed by atoms with Crippen LogP contribution >= 0.6 is 15.9 Å². The topological polar surface area (TPSA) is 45.8 Å². The van der Waals surface area contributed by atoms with Gasteiger partial charge in [0.25, 0.3) is 5.56 Å². The van der Waals surface area contributed by atoms with E-state index in [1.54, 1.807) is 0 Å². The fourth-order valence-electron chi connectivity index (χ4n) is 2.44. The van der Waals surface area contributed by atoms with Gasteiger partial charge in [0.2, 0.25) is 0 Å². The zero-order chi connectivity index (χ0) is 14.3. The molecule has 3 nitrogen and oxygen atoms in total. The van der Waals surface area contributed by atoms with E-state index in [1.807, 2.05) is 0 Å². The summed E-state index contributed by atoms with van der Waals surface area (Å²) in [6.07, 6.45) is 3.43. The van der Waals surface area contributed by atoms with Crippen molar-refractivity contribution in [1.29, 1.82) is 0 Å². The van der Waals surface area contributed by atoms with Gasteiger partial charge in [-0.3, -0.25) is 4.79 Å². The molecule has 0 saturated heterocycles. The van der Waals surface area contributed by atoms with E-state index in [9.17, 15) is 13.6 Å². The third-order valence-electron chi connectivity index (χ3n) is 3.48. The molecule has 0 atom stereocenters. The predicted molar refractivity (Wildman–Crippen MR) is 74.6 cm³/mol. The Morgan fingerprint density at radius 1 is 1.20 bits per heavy atom. The molecule has 0 saturated carbocycles. The molecule has 0 fully saturated rings. The van der Waals surface area contributed by atoms with Crippen LogP contribution in [0.2, 0.25) is 0 Å². The molecule has 1 heterocycles. The number of hydrogen-bond acceptors (Lipinski definition) is 2. The lowest BCUT2D eigenvalue weighted by molar-refractivity contribution is 0.504. The molecule has 104 valence electrons. The molecule has 0 aliphatic heterocycles.